The summed E-state index contributed by atoms with van der Waals surface area (Å²) in [6.45, 7) is 2.30. The third kappa shape index (κ3) is 11.5. The van der Waals surface area contributed by atoms with E-state index in [1.807, 2.05) is 31.2 Å². The van der Waals surface area contributed by atoms with Crippen LogP contribution >= 0.6 is 21.6 Å². The molecule has 0 saturated heterocycles. The summed E-state index contributed by atoms with van der Waals surface area (Å²) in [6.07, 6.45) is 18.2. The van der Waals surface area contributed by atoms with Crippen molar-refractivity contribution in [3.05, 3.63) is 171 Å². The highest BCUT2D eigenvalue weighted by Gasteiger charge is 2.58. The average Bonchev–Trinajstić information content (AvgIpc) is 4.06. The topological polar surface area (TPSA) is 212 Å². The number of fused-ring (bicyclic) bond motifs is 10. The number of aromatic nitrogens is 1. The van der Waals surface area contributed by atoms with E-state index in [4.69, 9.17) is 16.2 Å². The number of benzene rings is 4. The number of aryl methyl sites for hydroxylation is 1. The number of carbonyl (C=O) groups excluding carboxylic acids is 2. The molecular formula is C66H75N3O8S2. The van der Waals surface area contributed by atoms with Gasteiger partial charge in [0, 0.05) is 77.8 Å². The third-order valence-electron chi connectivity index (χ3n) is 18.9. The number of nitrogens with one attached hydrogen (secondary N) is 1. The molecule has 0 amide bonds. The minimum atomic E-state index is -0.878. The minimum absolute atomic E-state index is 0.0125. The molecule has 79 heavy (non-hydrogen) atoms. The number of ketones is 2. The summed E-state index contributed by atoms with van der Waals surface area (Å²) in [6, 6.07) is 25.0. The van der Waals surface area contributed by atoms with Crippen molar-refractivity contribution >= 4 is 33.2 Å². The summed E-state index contributed by atoms with van der Waals surface area (Å²) in [5.41, 5.74) is 20.5. The van der Waals surface area contributed by atoms with Gasteiger partial charge in [0.05, 0.1) is 30.9 Å². The zero-order valence-electron chi connectivity index (χ0n) is 45.2. The first-order valence-electron chi connectivity index (χ1n) is 28.4. The lowest BCUT2D eigenvalue weighted by Crippen LogP contribution is -2.45. The van der Waals surface area contributed by atoms with Gasteiger partial charge in [-0.3, -0.25) is 9.59 Å². The van der Waals surface area contributed by atoms with Crippen LogP contribution in [-0.4, -0.2) is 72.8 Å². The van der Waals surface area contributed by atoms with Gasteiger partial charge < -0.3 is 46.7 Å². The van der Waals surface area contributed by atoms with Gasteiger partial charge in [-0.15, -0.1) is 0 Å². The van der Waals surface area contributed by atoms with Crippen molar-refractivity contribution in [3.8, 4) is 29.1 Å². The predicted octanol–water partition coefficient (Wildman–Crippen LogP) is 11.0. The van der Waals surface area contributed by atoms with Crippen LogP contribution in [0, 0.1) is 39.9 Å². The second-order valence-electron chi connectivity index (χ2n) is 24.3. The maximum atomic E-state index is 14.4. The standard InChI is InChI=1S/C66H75N3O8S2/c1-63(76)19-5-20-65-24-25-66(40-63,61(65)32-44-6-2-3-8-49(44)46(35-65)37-70)23-22-64-21-16-48(71)13-10-41-12-15-57(73)60(29-41)77-27-18-42-11-14-56(72)54(28-42)53-33-58(74)50-17-26-69-55(50)9-4-7-43-30-52(62(67)68)45(31-51(43)53)38-78-79-39-47(34-64)59(75)36-64/h2-3,6,8,11-12,14-17,21,24-26,28-31,46-47,53,59,61-62,69-70,72-73,75-76H,5,9-10,13,18-20,22-23,27,32-40,67-68H2,1H3. The highest BCUT2D eigenvalue weighted by atomic mass is 33.1. The molecule has 9 atom stereocenters. The number of nitrogens with two attached hydrogens (primary N) is 2. The summed E-state index contributed by atoms with van der Waals surface area (Å²) in [4.78, 5) is 31.6. The lowest BCUT2D eigenvalue weighted by molar-refractivity contribution is -0.114. The van der Waals surface area contributed by atoms with Crippen LogP contribution in [0.15, 0.2) is 109 Å². The number of phenols is 2. The number of Topliss-reactive ketones (excluding diaryl/α,β-unsaturated/α-hetero) is 1. The molecule has 2 heterocycles. The van der Waals surface area contributed by atoms with Crippen molar-refractivity contribution in [1.82, 2.24) is 4.98 Å². The molecule has 13 heteroatoms. The molecule has 1 aliphatic heterocycles. The maximum absolute atomic E-state index is 14.4. The van der Waals surface area contributed by atoms with Crippen molar-refractivity contribution < 1.29 is 39.9 Å². The highest BCUT2D eigenvalue weighted by Crippen LogP contribution is 2.65. The average molecular weight is 1100 g/mol. The van der Waals surface area contributed by atoms with Crippen LogP contribution in [0.5, 0.6) is 17.2 Å². The van der Waals surface area contributed by atoms with Crippen LogP contribution < -0.4 is 16.2 Å². The number of ether oxygens (including phenoxy) is 1. The van der Waals surface area contributed by atoms with Crippen LogP contribution in [0.4, 0.5) is 0 Å². The Morgan fingerprint density at radius 2 is 1.66 bits per heavy atom. The number of phenolic OH excluding ortho intramolecular Hbond substituents is 2. The summed E-state index contributed by atoms with van der Waals surface area (Å²) >= 11 is 0. The largest absolute Gasteiger partial charge is 0.508 e. The third-order valence-corrected chi connectivity index (χ3v) is 21.4. The van der Waals surface area contributed by atoms with Gasteiger partial charge in [-0.1, -0.05) is 100 Å². The van der Waals surface area contributed by atoms with Crippen LogP contribution in [0.25, 0.3) is 0 Å². The fourth-order valence-electron chi connectivity index (χ4n) is 14.9. The molecule has 11 rings (SSSR count). The Bertz CT molecular complexity index is 3240. The lowest BCUT2D eigenvalue weighted by Gasteiger charge is -2.49. The van der Waals surface area contributed by atoms with Gasteiger partial charge in [-0.2, -0.15) is 0 Å². The van der Waals surface area contributed by atoms with E-state index >= 15 is 0 Å². The number of rotatable bonds is 5. The fourth-order valence-corrected chi connectivity index (χ4v) is 17.5. The van der Waals surface area contributed by atoms with Gasteiger partial charge in [-0.05, 0) is 181 Å². The maximum Gasteiger partial charge on any atom is 0.165 e. The van der Waals surface area contributed by atoms with Crippen LogP contribution in [0.3, 0.4) is 0 Å². The molecule has 414 valence electrons. The van der Waals surface area contributed by atoms with E-state index in [0.29, 0.717) is 78.9 Å². The molecule has 0 radical (unpaired) electrons. The van der Waals surface area contributed by atoms with Crippen molar-refractivity contribution in [2.45, 2.75) is 139 Å². The minimum Gasteiger partial charge on any atom is -0.508 e. The fraction of sp³-hybridized carbons (Fsp3) is 0.455. The van der Waals surface area contributed by atoms with Gasteiger partial charge in [-0.25, -0.2) is 0 Å². The number of aliphatic hydroxyl groups is 3. The smallest absolute Gasteiger partial charge is 0.165 e. The number of hydrogen-bond acceptors (Lipinski definition) is 12. The van der Waals surface area contributed by atoms with Crippen molar-refractivity contribution in [2.75, 3.05) is 19.0 Å². The molecule has 4 aromatic carbocycles. The van der Waals surface area contributed by atoms with Gasteiger partial charge in [0.25, 0.3) is 0 Å². The Kier molecular flexibility index (Phi) is 16.0. The van der Waals surface area contributed by atoms with Gasteiger partial charge in [0.1, 0.15) is 5.75 Å². The quantitative estimate of drug-likeness (QED) is 0.0358. The van der Waals surface area contributed by atoms with E-state index in [-0.39, 0.29) is 77.7 Å². The SMILES string of the molecule is CC1(O)CCCC23C=CC(CCC45C=CC(=O)CCc6ccc(O)c(c6)OCCc6ccc(O)c(c6)C6CC(=O)c7cc[nH]c7CC#Cc7cc(C(N)N)c(cc76)CSSCC(C4)C(O)C5)(C1)C2Cc1ccccc1C(CO)C3. The Labute approximate surface area is 472 Å². The molecule has 10 bridgehead atoms. The first kappa shape index (κ1) is 55.4. The summed E-state index contributed by atoms with van der Waals surface area (Å²) in [5, 5.41) is 57.9. The molecule has 9 unspecified atom stereocenters. The zero-order valence-corrected chi connectivity index (χ0v) is 46.9. The van der Waals surface area contributed by atoms with E-state index in [1.165, 1.54) is 11.1 Å². The molecule has 5 aliphatic carbocycles. The second kappa shape index (κ2) is 22.8. The van der Waals surface area contributed by atoms with E-state index in [1.54, 1.807) is 58.1 Å². The van der Waals surface area contributed by atoms with Crippen molar-refractivity contribution in [2.24, 2.45) is 39.5 Å². The number of aromatic amines is 1. The lowest BCUT2D eigenvalue weighted by atomic mass is 9.55. The predicted molar refractivity (Wildman–Crippen MR) is 313 cm³/mol. The molecule has 10 N–H and O–H groups in total. The molecule has 1 aromatic heterocycles. The molecule has 5 aromatic rings. The normalized spacial score (nSPS) is 30.0. The second-order valence-corrected chi connectivity index (χ2v) is 26.8. The van der Waals surface area contributed by atoms with Crippen LogP contribution in [-0.2, 0) is 36.2 Å². The van der Waals surface area contributed by atoms with Crippen LogP contribution in [0.2, 0.25) is 0 Å². The van der Waals surface area contributed by atoms with Crippen molar-refractivity contribution in [3.63, 3.8) is 0 Å². The van der Waals surface area contributed by atoms with E-state index < -0.39 is 29.2 Å². The Morgan fingerprint density at radius 3 is 2.49 bits per heavy atom. The highest BCUT2D eigenvalue weighted by molar-refractivity contribution is 8.76. The zero-order chi connectivity index (χ0) is 55.1. The van der Waals surface area contributed by atoms with Gasteiger partial charge in [0.2, 0.25) is 0 Å². The van der Waals surface area contributed by atoms with E-state index in [9.17, 15) is 35.1 Å². The first-order chi connectivity index (χ1) is 38.0. The van der Waals surface area contributed by atoms with Gasteiger partial charge in [0.15, 0.2) is 23.1 Å². The van der Waals surface area contributed by atoms with E-state index in [2.05, 4.69) is 65.4 Å². The van der Waals surface area contributed by atoms with Gasteiger partial charge >= 0.3 is 0 Å². The number of H-pyrrole nitrogens is 1. The number of aliphatic hydroxyl groups excluding tert-OH is 2. The molecule has 2 fully saturated rings. The molecule has 0 spiro atoms. The Balaban J connectivity index is 0.933. The summed E-state index contributed by atoms with van der Waals surface area (Å²) in [7, 11) is 3.36. The number of aromatic hydroxyl groups is 2. The first-order valence-corrected chi connectivity index (χ1v) is 30.9. The Morgan fingerprint density at radius 1 is 0.835 bits per heavy atom. The molecule has 2 saturated carbocycles. The molecule has 6 aliphatic rings. The Hall–Kier alpha value is -5.56. The van der Waals surface area contributed by atoms with Crippen molar-refractivity contribution in [1.29, 1.82) is 0 Å². The summed E-state index contributed by atoms with van der Waals surface area (Å²) in [5.74, 6) is 7.69. The number of allylic oxidation sites excluding steroid dienone is 4. The number of hydrogen-bond donors (Lipinski definition) is 8. The summed E-state index contributed by atoms with van der Waals surface area (Å²) < 4.78 is 6.23. The number of carbonyl (C=O) groups is 2. The molecule has 11 nitrogen and oxygen atoms in total. The van der Waals surface area contributed by atoms with Crippen LogP contribution in [0.1, 0.15) is 162 Å². The van der Waals surface area contributed by atoms with E-state index in [0.717, 1.165) is 72.0 Å². The molecular weight excluding hydrogens is 1030 g/mol. The monoisotopic (exact) mass is 1100 g/mol.